The van der Waals surface area contributed by atoms with Crippen LogP contribution >= 0.6 is 11.8 Å². The third-order valence-corrected chi connectivity index (χ3v) is 7.23. The normalized spacial score (nSPS) is 18.4. The lowest BCUT2D eigenvalue weighted by atomic mass is 9.97. The van der Waals surface area contributed by atoms with Crippen molar-refractivity contribution in [1.29, 1.82) is 0 Å². The molecular formula is C26H34N4O4S. The molecule has 2 saturated heterocycles. The number of likely N-dealkylation sites (tertiary alicyclic amines) is 1. The van der Waals surface area contributed by atoms with Gasteiger partial charge in [-0.25, -0.2) is 9.97 Å². The summed E-state index contributed by atoms with van der Waals surface area (Å²) in [4.78, 5) is 38.9. The van der Waals surface area contributed by atoms with Crippen LogP contribution in [0, 0.1) is 5.92 Å². The molecule has 1 atom stereocenters. The highest BCUT2D eigenvalue weighted by molar-refractivity contribution is 7.98. The van der Waals surface area contributed by atoms with Crippen LogP contribution in [-0.4, -0.2) is 72.7 Å². The van der Waals surface area contributed by atoms with E-state index in [1.54, 1.807) is 23.6 Å². The number of carbonyl (C=O) groups is 2. The summed E-state index contributed by atoms with van der Waals surface area (Å²) in [6.45, 7) is 8.45. The lowest BCUT2D eigenvalue weighted by Gasteiger charge is -2.31. The average Bonchev–Trinajstić information content (AvgIpc) is 2.92. The van der Waals surface area contributed by atoms with Gasteiger partial charge in [-0.3, -0.25) is 9.59 Å². The summed E-state index contributed by atoms with van der Waals surface area (Å²) >= 11 is 1.58. The minimum absolute atomic E-state index is 0.0373. The molecule has 2 fully saturated rings. The zero-order valence-electron chi connectivity index (χ0n) is 20.6. The van der Waals surface area contributed by atoms with Gasteiger partial charge in [0.2, 0.25) is 0 Å². The first-order chi connectivity index (χ1) is 17.1. The van der Waals surface area contributed by atoms with Crippen molar-refractivity contribution in [1.82, 2.24) is 14.9 Å². The molecular weight excluding hydrogens is 464 g/mol. The Morgan fingerprint density at radius 3 is 2.74 bits per heavy atom. The Kier molecular flexibility index (Phi) is 8.98. The van der Waals surface area contributed by atoms with Gasteiger partial charge < -0.3 is 19.3 Å². The minimum atomic E-state index is -0.241. The van der Waals surface area contributed by atoms with Crippen LogP contribution in [0.2, 0.25) is 0 Å². The highest BCUT2D eigenvalue weighted by Gasteiger charge is 2.29. The highest BCUT2D eigenvalue weighted by Crippen LogP contribution is 2.25. The van der Waals surface area contributed by atoms with E-state index in [2.05, 4.69) is 17.9 Å². The van der Waals surface area contributed by atoms with Crippen LogP contribution in [0.5, 0.6) is 0 Å². The summed E-state index contributed by atoms with van der Waals surface area (Å²) in [5.41, 5.74) is 2.71. The number of amides is 1. The van der Waals surface area contributed by atoms with E-state index in [9.17, 15) is 9.59 Å². The summed E-state index contributed by atoms with van der Waals surface area (Å²) in [5.74, 6) is 1.14. The molecule has 3 heterocycles. The van der Waals surface area contributed by atoms with Crippen molar-refractivity contribution >= 4 is 29.5 Å². The third-order valence-electron chi connectivity index (χ3n) is 6.31. The zero-order chi connectivity index (χ0) is 24.6. The molecule has 2 aliphatic heterocycles. The van der Waals surface area contributed by atoms with Gasteiger partial charge in [-0.2, -0.15) is 0 Å². The molecule has 0 saturated carbocycles. The number of ether oxygens (including phenoxy) is 2. The molecule has 0 bridgehead atoms. The summed E-state index contributed by atoms with van der Waals surface area (Å²) in [6, 6.07) is 9.79. The topological polar surface area (TPSA) is 84.9 Å². The summed E-state index contributed by atoms with van der Waals surface area (Å²) in [5, 5.41) is 0.746. The monoisotopic (exact) mass is 498 g/mol. The molecule has 35 heavy (non-hydrogen) atoms. The third kappa shape index (κ3) is 6.73. The Balaban J connectivity index is 1.41. The van der Waals surface area contributed by atoms with Crippen molar-refractivity contribution < 1.29 is 19.1 Å². The fourth-order valence-corrected chi connectivity index (χ4v) is 5.21. The number of esters is 1. The number of benzene rings is 1. The van der Waals surface area contributed by atoms with Gasteiger partial charge in [0.15, 0.2) is 5.16 Å². The van der Waals surface area contributed by atoms with Crippen LogP contribution in [0.1, 0.15) is 48.3 Å². The number of morpholine rings is 1. The summed E-state index contributed by atoms with van der Waals surface area (Å²) in [6.07, 6.45) is 2.42. The SMILES string of the molecule is CCOC(=O)C1CCCN(C(=O)c2cccc(CSc3nc(CC)cc(N4CCOCC4)n3)c2)C1. The molecule has 9 heteroatoms. The second-order valence-electron chi connectivity index (χ2n) is 8.78. The van der Waals surface area contributed by atoms with Crippen molar-refractivity contribution in [3.8, 4) is 0 Å². The van der Waals surface area contributed by atoms with Crippen LogP contribution in [0.25, 0.3) is 0 Å². The number of piperidine rings is 1. The smallest absolute Gasteiger partial charge is 0.310 e. The van der Waals surface area contributed by atoms with Crippen molar-refractivity contribution in [2.75, 3.05) is 50.9 Å². The second kappa shape index (κ2) is 12.4. The van der Waals surface area contributed by atoms with Crippen LogP contribution in [0.3, 0.4) is 0 Å². The molecule has 1 amide bonds. The van der Waals surface area contributed by atoms with E-state index in [0.29, 0.717) is 44.2 Å². The number of anilines is 1. The van der Waals surface area contributed by atoms with Crippen LogP contribution in [0.15, 0.2) is 35.5 Å². The van der Waals surface area contributed by atoms with Gasteiger partial charge >= 0.3 is 5.97 Å². The Bertz CT molecular complexity index is 1030. The number of hydrogen-bond acceptors (Lipinski definition) is 8. The van der Waals surface area contributed by atoms with Gasteiger partial charge in [-0.05, 0) is 43.9 Å². The quantitative estimate of drug-likeness (QED) is 0.310. The lowest BCUT2D eigenvalue weighted by molar-refractivity contribution is -0.149. The molecule has 0 radical (unpaired) electrons. The van der Waals surface area contributed by atoms with E-state index in [1.165, 1.54) is 0 Å². The number of hydrogen-bond donors (Lipinski definition) is 0. The van der Waals surface area contributed by atoms with Crippen LogP contribution in [-0.2, 0) is 26.4 Å². The number of aryl methyl sites for hydroxylation is 1. The maximum absolute atomic E-state index is 13.2. The fourth-order valence-electron chi connectivity index (χ4n) is 4.40. The van der Waals surface area contributed by atoms with Crippen LogP contribution < -0.4 is 4.90 Å². The maximum atomic E-state index is 13.2. The van der Waals surface area contributed by atoms with E-state index in [-0.39, 0.29) is 17.8 Å². The van der Waals surface area contributed by atoms with Crippen molar-refractivity contribution in [3.05, 3.63) is 47.2 Å². The molecule has 2 aromatic rings. The Morgan fingerprint density at radius 1 is 1.14 bits per heavy atom. The van der Waals surface area contributed by atoms with Gasteiger partial charge in [0, 0.05) is 49.3 Å². The molecule has 4 rings (SSSR count). The lowest BCUT2D eigenvalue weighted by Crippen LogP contribution is -2.42. The van der Waals surface area contributed by atoms with Gasteiger partial charge in [0.1, 0.15) is 5.82 Å². The van der Waals surface area contributed by atoms with Gasteiger partial charge in [0.25, 0.3) is 5.91 Å². The van der Waals surface area contributed by atoms with Crippen molar-refractivity contribution in [3.63, 3.8) is 0 Å². The number of nitrogens with zero attached hydrogens (tertiary/aromatic N) is 4. The van der Waals surface area contributed by atoms with Crippen molar-refractivity contribution in [2.45, 2.75) is 44.0 Å². The van der Waals surface area contributed by atoms with Gasteiger partial charge in [-0.15, -0.1) is 0 Å². The standard InChI is InChI=1S/C26H34N4O4S/c1-3-22-16-23(29-11-13-33-14-12-29)28-26(27-22)35-18-19-7-5-8-20(15-19)24(31)30-10-6-9-21(17-30)25(32)34-4-2/h5,7-8,15-16,21H,3-4,6,9-14,17-18H2,1-2H3. The van der Waals surface area contributed by atoms with Crippen LogP contribution in [0.4, 0.5) is 5.82 Å². The summed E-state index contributed by atoms with van der Waals surface area (Å²) in [7, 11) is 0. The largest absolute Gasteiger partial charge is 0.466 e. The van der Waals surface area contributed by atoms with E-state index in [1.807, 2.05) is 24.3 Å². The molecule has 188 valence electrons. The number of aromatic nitrogens is 2. The number of thioether (sulfide) groups is 1. The second-order valence-corrected chi connectivity index (χ2v) is 9.73. The predicted molar refractivity (Wildman–Crippen MR) is 136 cm³/mol. The van der Waals surface area contributed by atoms with Gasteiger partial charge in [0.05, 0.1) is 25.7 Å². The molecule has 2 aliphatic rings. The van der Waals surface area contributed by atoms with Gasteiger partial charge in [-0.1, -0.05) is 30.8 Å². The fraction of sp³-hybridized carbons (Fsp3) is 0.538. The Morgan fingerprint density at radius 2 is 1.97 bits per heavy atom. The van der Waals surface area contributed by atoms with E-state index >= 15 is 0 Å². The molecule has 8 nitrogen and oxygen atoms in total. The first-order valence-electron chi connectivity index (χ1n) is 12.5. The van der Waals surface area contributed by atoms with E-state index < -0.39 is 0 Å². The first-order valence-corrected chi connectivity index (χ1v) is 13.4. The molecule has 0 N–H and O–H groups in total. The zero-order valence-corrected chi connectivity index (χ0v) is 21.4. The number of carbonyl (C=O) groups excluding carboxylic acids is 2. The minimum Gasteiger partial charge on any atom is -0.466 e. The first kappa shape index (κ1) is 25.4. The maximum Gasteiger partial charge on any atom is 0.310 e. The Hall–Kier alpha value is -2.65. The Labute approximate surface area is 211 Å². The molecule has 0 aliphatic carbocycles. The molecule has 1 unspecified atom stereocenters. The van der Waals surface area contributed by atoms with E-state index in [0.717, 1.165) is 54.6 Å². The molecule has 0 spiro atoms. The molecule has 1 aromatic carbocycles. The van der Waals surface area contributed by atoms with Crippen molar-refractivity contribution in [2.24, 2.45) is 5.92 Å². The highest BCUT2D eigenvalue weighted by atomic mass is 32.2. The average molecular weight is 499 g/mol. The number of rotatable bonds is 8. The van der Waals surface area contributed by atoms with E-state index in [4.69, 9.17) is 19.4 Å². The molecule has 1 aromatic heterocycles. The summed E-state index contributed by atoms with van der Waals surface area (Å²) < 4.78 is 10.6. The predicted octanol–water partition coefficient (Wildman–Crippen LogP) is 3.58.